The zero-order chi connectivity index (χ0) is 14.7. The molecule has 2 N–H and O–H groups in total. The molecule has 0 bridgehead atoms. The zero-order valence-corrected chi connectivity index (χ0v) is 12.4. The smallest absolute Gasteiger partial charge is 0.303 e. The van der Waals surface area contributed by atoms with Gasteiger partial charge < -0.3 is 15.3 Å². The molecular weight excluding hydrogens is 244 g/mol. The van der Waals surface area contributed by atoms with Crippen molar-refractivity contribution in [1.29, 1.82) is 0 Å². The van der Waals surface area contributed by atoms with Gasteiger partial charge in [-0.3, -0.25) is 9.59 Å². The maximum absolute atomic E-state index is 11.5. The van der Waals surface area contributed by atoms with Crippen molar-refractivity contribution in [3.63, 3.8) is 0 Å². The Hall–Kier alpha value is -1.10. The van der Waals surface area contributed by atoms with Crippen molar-refractivity contribution in [2.75, 3.05) is 19.6 Å². The molecule has 0 aliphatic heterocycles. The molecule has 0 rings (SSSR count). The Labute approximate surface area is 116 Å². The van der Waals surface area contributed by atoms with Gasteiger partial charge in [0.25, 0.3) is 0 Å². The van der Waals surface area contributed by atoms with Crippen molar-refractivity contribution in [1.82, 2.24) is 10.2 Å². The minimum Gasteiger partial charge on any atom is -0.481 e. The average Bonchev–Trinajstić information content (AvgIpc) is 2.34. The largest absolute Gasteiger partial charge is 0.481 e. The van der Waals surface area contributed by atoms with E-state index in [1.165, 1.54) is 0 Å². The van der Waals surface area contributed by atoms with Gasteiger partial charge in [-0.05, 0) is 45.8 Å². The summed E-state index contributed by atoms with van der Waals surface area (Å²) in [5, 5.41) is 11.4. The molecule has 0 radical (unpaired) electrons. The van der Waals surface area contributed by atoms with Gasteiger partial charge in [-0.25, -0.2) is 0 Å². The summed E-state index contributed by atoms with van der Waals surface area (Å²) >= 11 is 0. The van der Waals surface area contributed by atoms with E-state index in [9.17, 15) is 9.59 Å². The van der Waals surface area contributed by atoms with E-state index in [4.69, 9.17) is 5.11 Å². The van der Waals surface area contributed by atoms with Crippen LogP contribution >= 0.6 is 0 Å². The van der Waals surface area contributed by atoms with E-state index in [0.717, 1.165) is 32.5 Å². The third-order valence-corrected chi connectivity index (χ3v) is 3.21. The van der Waals surface area contributed by atoms with Gasteiger partial charge in [0, 0.05) is 18.9 Å². The van der Waals surface area contributed by atoms with E-state index in [-0.39, 0.29) is 18.4 Å². The Morgan fingerprint density at radius 2 is 1.79 bits per heavy atom. The lowest BCUT2D eigenvalue weighted by atomic mass is 10.1. The molecule has 112 valence electrons. The zero-order valence-electron chi connectivity index (χ0n) is 12.4. The molecule has 0 saturated heterocycles. The number of hydrogen-bond acceptors (Lipinski definition) is 3. The summed E-state index contributed by atoms with van der Waals surface area (Å²) in [5.74, 6) is -0.892. The van der Waals surface area contributed by atoms with Gasteiger partial charge in [0.15, 0.2) is 0 Å². The van der Waals surface area contributed by atoms with Gasteiger partial charge in [0.05, 0.1) is 0 Å². The minimum absolute atomic E-state index is 0.0448. The average molecular weight is 272 g/mol. The van der Waals surface area contributed by atoms with Crippen molar-refractivity contribution in [2.24, 2.45) is 0 Å². The van der Waals surface area contributed by atoms with Crippen LogP contribution in [-0.2, 0) is 9.59 Å². The molecule has 5 heteroatoms. The molecule has 19 heavy (non-hydrogen) atoms. The molecule has 1 unspecified atom stereocenters. The first-order valence-electron chi connectivity index (χ1n) is 7.23. The Bertz CT molecular complexity index is 265. The number of carbonyl (C=O) groups excluding carboxylic acids is 1. The van der Waals surface area contributed by atoms with E-state index in [1.807, 2.05) is 6.92 Å². The van der Waals surface area contributed by atoms with Crippen LogP contribution in [0.2, 0.25) is 0 Å². The summed E-state index contributed by atoms with van der Waals surface area (Å²) in [7, 11) is 0. The lowest BCUT2D eigenvalue weighted by Crippen LogP contribution is -2.33. The second-order valence-corrected chi connectivity index (χ2v) is 4.88. The first kappa shape index (κ1) is 17.9. The number of carboxylic acid groups (broad SMARTS) is 1. The first-order chi connectivity index (χ1) is 8.99. The highest BCUT2D eigenvalue weighted by molar-refractivity contribution is 5.76. The molecule has 0 aromatic heterocycles. The summed E-state index contributed by atoms with van der Waals surface area (Å²) in [6, 6.07) is 0.160. The summed E-state index contributed by atoms with van der Waals surface area (Å²) in [4.78, 5) is 24.2. The molecule has 0 heterocycles. The molecular formula is C14H28N2O3. The van der Waals surface area contributed by atoms with Crippen LogP contribution in [0.4, 0.5) is 0 Å². The second kappa shape index (κ2) is 10.8. The molecule has 0 aliphatic rings. The van der Waals surface area contributed by atoms with Gasteiger partial charge in [-0.1, -0.05) is 13.8 Å². The molecule has 0 fully saturated rings. The highest BCUT2D eigenvalue weighted by atomic mass is 16.4. The Balaban J connectivity index is 3.64. The van der Waals surface area contributed by atoms with E-state index < -0.39 is 5.97 Å². The number of carboxylic acids is 1. The molecule has 0 aliphatic carbocycles. The van der Waals surface area contributed by atoms with Crippen LogP contribution in [0.25, 0.3) is 0 Å². The Morgan fingerprint density at radius 3 is 2.32 bits per heavy atom. The highest BCUT2D eigenvalue weighted by Gasteiger charge is 2.08. The van der Waals surface area contributed by atoms with Crippen LogP contribution in [0.1, 0.15) is 52.9 Å². The lowest BCUT2D eigenvalue weighted by Gasteiger charge is -2.19. The SMILES string of the molecule is CCN(CC)CCCC(C)NC(=O)CCCC(=O)O. The lowest BCUT2D eigenvalue weighted by molar-refractivity contribution is -0.137. The van der Waals surface area contributed by atoms with E-state index in [0.29, 0.717) is 12.8 Å². The fraction of sp³-hybridized carbons (Fsp3) is 0.857. The summed E-state index contributed by atoms with van der Waals surface area (Å²) in [6.07, 6.45) is 2.79. The van der Waals surface area contributed by atoms with Crippen molar-refractivity contribution in [2.45, 2.75) is 58.9 Å². The first-order valence-corrected chi connectivity index (χ1v) is 7.23. The van der Waals surface area contributed by atoms with Gasteiger partial charge >= 0.3 is 5.97 Å². The monoisotopic (exact) mass is 272 g/mol. The quantitative estimate of drug-likeness (QED) is 0.602. The predicted molar refractivity (Wildman–Crippen MR) is 76.1 cm³/mol. The van der Waals surface area contributed by atoms with Crippen LogP contribution in [0.5, 0.6) is 0 Å². The van der Waals surface area contributed by atoms with Gasteiger partial charge in [0.2, 0.25) is 5.91 Å². The molecule has 0 aromatic carbocycles. The fourth-order valence-electron chi connectivity index (χ4n) is 1.98. The van der Waals surface area contributed by atoms with Crippen LogP contribution in [0.3, 0.4) is 0 Å². The van der Waals surface area contributed by atoms with Gasteiger partial charge in [-0.15, -0.1) is 0 Å². The second-order valence-electron chi connectivity index (χ2n) is 4.88. The summed E-state index contributed by atoms with van der Waals surface area (Å²) < 4.78 is 0. The van der Waals surface area contributed by atoms with Crippen LogP contribution < -0.4 is 5.32 Å². The third kappa shape index (κ3) is 10.5. The topological polar surface area (TPSA) is 69.6 Å². The number of amides is 1. The maximum Gasteiger partial charge on any atom is 0.303 e. The van der Waals surface area contributed by atoms with Gasteiger partial charge in [0.1, 0.15) is 0 Å². The predicted octanol–water partition coefficient (Wildman–Crippen LogP) is 1.87. The Kier molecular flexibility index (Phi) is 10.2. The van der Waals surface area contributed by atoms with Crippen LogP contribution in [0, 0.1) is 0 Å². The number of rotatable bonds is 11. The normalized spacial score (nSPS) is 12.4. The van der Waals surface area contributed by atoms with Gasteiger partial charge in [-0.2, -0.15) is 0 Å². The van der Waals surface area contributed by atoms with Crippen molar-refractivity contribution < 1.29 is 14.7 Å². The van der Waals surface area contributed by atoms with Crippen LogP contribution in [0.15, 0.2) is 0 Å². The third-order valence-electron chi connectivity index (χ3n) is 3.21. The number of carbonyl (C=O) groups is 2. The van der Waals surface area contributed by atoms with Crippen LogP contribution in [-0.4, -0.2) is 47.6 Å². The summed E-state index contributed by atoms with van der Waals surface area (Å²) in [6.45, 7) is 9.48. The highest BCUT2D eigenvalue weighted by Crippen LogP contribution is 2.01. The van der Waals surface area contributed by atoms with E-state index in [2.05, 4.69) is 24.1 Å². The molecule has 0 saturated carbocycles. The molecule has 0 spiro atoms. The van der Waals surface area contributed by atoms with E-state index in [1.54, 1.807) is 0 Å². The molecule has 1 amide bonds. The van der Waals surface area contributed by atoms with Crippen molar-refractivity contribution in [3.05, 3.63) is 0 Å². The molecule has 1 atom stereocenters. The van der Waals surface area contributed by atoms with Crippen molar-refractivity contribution >= 4 is 11.9 Å². The van der Waals surface area contributed by atoms with Crippen molar-refractivity contribution in [3.8, 4) is 0 Å². The number of nitrogens with one attached hydrogen (secondary N) is 1. The fourth-order valence-corrected chi connectivity index (χ4v) is 1.98. The minimum atomic E-state index is -0.847. The Morgan fingerprint density at radius 1 is 1.16 bits per heavy atom. The number of aliphatic carboxylic acids is 1. The molecule has 5 nitrogen and oxygen atoms in total. The molecule has 0 aromatic rings. The number of nitrogens with zero attached hydrogens (tertiary/aromatic N) is 1. The standard InChI is InChI=1S/C14H28N2O3/c1-4-16(5-2)11-7-8-12(3)15-13(17)9-6-10-14(18)19/h12H,4-11H2,1-3H3,(H,15,17)(H,18,19). The van der Waals surface area contributed by atoms with E-state index >= 15 is 0 Å². The number of hydrogen-bond donors (Lipinski definition) is 2. The maximum atomic E-state index is 11.5. The summed E-state index contributed by atoms with van der Waals surface area (Å²) in [5.41, 5.74) is 0.